The first-order valence-electron chi connectivity index (χ1n) is 14.5. The standard InChI is InChI=1S/C30H60/c1-4-6-8-9-10-11-12-13-14-15-16-17-18-19-20-21-22-23-24-25-27-29-30(3)28-26-7-5-2/h23-24,30H,4-22,25-29H2,1-3H3/b24-23+. The van der Waals surface area contributed by atoms with E-state index in [-0.39, 0.29) is 0 Å². The van der Waals surface area contributed by atoms with Gasteiger partial charge in [0.2, 0.25) is 0 Å². The third kappa shape index (κ3) is 25.8. The average molecular weight is 421 g/mol. The Hall–Kier alpha value is -0.260. The smallest absolute Gasteiger partial charge is 0.0351 e. The van der Waals surface area contributed by atoms with Crippen LogP contribution in [0.4, 0.5) is 0 Å². The molecule has 1 atom stereocenters. The Morgan fingerprint density at radius 2 is 0.733 bits per heavy atom. The van der Waals surface area contributed by atoms with Gasteiger partial charge < -0.3 is 0 Å². The van der Waals surface area contributed by atoms with E-state index < -0.39 is 0 Å². The molecule has 0 heteroatoms. The zero-order chi connectivity index (χ0) is 22.0. The normalized spacial score (nSPS) is 12.8. The number of hydrogen-bond donors (Lipinski definition) is 0. The van der Waals surface area contributed by atoms with Crippen molar-refractivity contribution in [1.29, 1.82) is 0 Å². The molecular formula is C30H60. The highest BCUT2D eigenvalue weighted by Gasteiger charge is 2.00. The van der Waals surface area contributed by atoms with Crippen LogP contribution >= 0.6 is 0 Å². The molecule has 0 rings (SSSR count). The molecule has 0 amide bonds. The van der Waals surface area contributed by atoms with Crippen LogP contribution in [0.3, 0.4) is 0 Å². The molecule has 0 bridgehead atoms. The lowest BCUT2D eigenvalue weighted by molar-refractivity contribution is 0.452. The van der Waals surface area contributed by atoms with Crippen molar-refractivity contribution in [3.63, 3.8) is 0 Å². The quantitative estimate of drug-likeness (QED) is 0.102. The molecule has 0 aromatic heterocycles. The van der Waals surface area contributed by atoms with Crippen molar-refractivity contribution < 1.29 is 0 Å². The van der Waals surface area contributed by atoms with E-state index >= 15 is 0 Å². The van der Waals surface area contributed by atoms with Crippen molar-refractivity contribution in [2.45, 2.75) is 175 Å². The predicted molar refractivity (Wildman–Crippen MR) is 140 cm³/mol. The first-order chi connectivity index (χ1) is 14.8. The number of unbranched alkanes of at least 4 members (excludes halogenated alkanes) is 19. The van der Waals surface area contributed by atoms with E-state index in [4.69, 9.17) is 0 Å². The third-order valence-electron chi connectivity index (χ3n) is 6.76. The minimum Gasteiger partial charge on any atom is -0.0885 e. The van der Waals surface area contributed by atoms with Crippen LogP contribution < -0.4 is 0 Å². The molecule has 0 aromatic rings. The molecule has 0 aliphatic heterocycles. The summed E-state index contributed by atoms with van der Waals surface area (Å²) in [6.07, 6.45) is 39.4. The van der Waals surface area contributed by atoms with Crippen molar-refractivity contribution in [2.75, 3.05) is 0 Å². The zero-order valence-corrected chi connectivity index (χ0v) is 21.7. The highest BCUT2D eigenvalue weighted by Crippen LogP contribution is 2.17. The lowest BCUT2D eigenvalue weighted by atomic mass is 9.97. The monoisotopic (exact) mass is 420 g/mol. The van der Waals surface area contributed by atoms with Gasteiger partial charge in [0, 0.05) is 0 Å². The summed E-state index contributed by atoms with van der Waals surface area (Å²) < 4.78 is 0. The second-order valence-electron chi connectivity index (χ2n) is 10.1. The van der Waals surface area contributed by atoms with Gasteiger partial charge in [-0.1, -0.05) is 161 Å². The molecule has 30 heavy (non-hydrogen) atoms. The highest BCUT2D eigenvalue weighted by molar-refractivity contribution is 4.81. The molecule has 0 fully saturated rings. The molecule has 0 heterocycles. The molecule has 180 valence electrons. The summed E-state index contributed by atoms with van der Waals surface area (Å²) in [4.78, 5) is 0. The van der Waals surface area contributed by atoms with Gasteiger partial charge in [0.05, 0.1) is 0 Å². The molecule has 0 saturated carbocycles. The Kier molecular flexibility index (Phi) is 26.5. The van der Waals surface area contributed by atoms with Crippen LogP contribution in [-0.4, -0.2) is 0 Å². The molecule has 0 saturated heterocycles. The molecule has 0 aliphatic rings. The summed E-state index contributed by atoms with van der Waals surface area (Å²) in [5, 5.41) is 0. The fourth-order valence-corrected chi connectivity index (χ4v) is 4.52. The van der Waals surface area contributed by atoms with Gasteiger partial charge in [0.25, 0.3) is 0 Å². The van der Waals surface area contributed by atoms with E-state index in [0.717, 1.165) is 5.92 Å². The molecule has 0 spiro atoms. The number of rotatable bonds is 25. The van der Waals surface area contributed by atoms with Crippen molar-refractivity contribution in [3.8, 4) is 0 Å². The van der Waals surface area contributed by atoms with E-state index in [0.29, 0.717) is 0 Å². The fraction of sp³-hybridized carbons (Fsp3) is 0.933. The van der Waals surface area contributed by atoms with Gasteiger partial charge in [0.15, 0.2) is 0 Å². The first-order valence-corrected chi connectivity index (χ1v) is 14.5. The Balaban J connectivity index is 3.13. The maximum Gasteiger partial charge on any atom is -0.0351 e. The Morgan fingerprint density at radius 3 is 1.20 bits per heavy atom. The molecule has 0 aliphatic carbocycles. The van der Waals surface area contributed by atoms with Crippen LogP contribution in [0.5, 0.6) is 0 Å². The maximum absolute atomic E-state index is 2.45. The molecule has 0 N–H and O–H groups in total. The van der Waals surface area contributed by atoms with Crippen LogP contribution in [0.25, 0.3) is 0 Å². The summed E-state index contributed by atoms with van der Waals surface area (Å²) >= 11 is 0. The Morgan fingerprint density at radius 1 is 0.400 bits per heavy atom. The van der Waals surface area contributed by atoms with Crippen molar-refractivity contribution in [2.24, 2.45) is 5.92 Å². The second-order valence-corrected chi connectivity index (χ2v) is 10.1. The minimum absolute atomic E-state index is 0.935. The van der Waals surface area contributed by atoms with Gasteiger partial charge in [-0.15, -0.1) is 0 Å². The van der Waals surface area contributed by atoms with Gasteiger partial charge in [-0.25, -0.2) is 0 Å². The largest absolute Gasteiger partial charge is 0.0885 e. The topological polar surface area (TPSA) is 0 Å². The Labute approximate surface area is 193 Å². The van der Waals surface area contributed by atoms with Crippen LogP contribution in [0.2, 0.25) is 0 Å². The SMILES string of the molecule is CCCCCCCCCCCCCCCCCC/C=C/CCCC(C)CCCCC. The van der Waals surface area contributed by atoms with Crippen LogP contribution in [0.1, 0.15) is 175 Å². The zero-order valence-electron chi connectivity index (χ0n) is 21.7. The second kappa shape index (κ2) is 26.8. The van der Waals surface area contributed by atoms with Gasteiger partial charge in [-0.05, 0) is 31.6 Å². The summed E-state index contributed by atoms with van der Waals surface area (Å²) in [7, 11) is 0. The fourth-order valence-electron chi connectivity index (χ4n) is 4.52. The van der Waals surface area contributed by atoms with Crippen LogP contribution in [0, 0.1) is 5.92 Å². The van der Waals surface area contributed by atoms with Crippen molar-refractivity contribution >= 4 is 0 Å². The minimum atomic E-state index is 0.935. The third-order valence-corrected chi connectivity index (χ3v) is 6.76. The Bertz CT molecular complexity index is 316. The highest BCUT2D eigenvalue weighted by atomic mass is 14.1. The molecule has 0 aromatic carbocycles. The molecule has 0 nitrogen and oxygen atoms in total. The number of hydrogen-bond acceptors (Lipinski definition) is 0. The van der Waals surface area contributed by atoms with E-state index in [1.807, 2.05) is 0 Å². The molecular weight excluding hydrogens is 360 g/mol. The molecule has 0 radical (unpaired) electrons. The van der Waals surface area contributed by atoms with Crippen molar-refractivity contribution in [1.82, 2.24) is 0 Å². The van der Waals surface area contributed by atoms with E-state index in [1.54, 1.807) is 0 Å². The van der Waals surface area contributed by atoms with Crippen LogP contribution in [0.15, 0.2) is 12.2 Å². The lowest BCUT2D eigenvalue weighted by Crippen LogP contribution is -1.94. The average Bonchev–Trinajstić information content (AvgIpc) is 2.75. The van der Waals surface area contributed by atoms with Gasteiger partial charge in [-0.3, -0.25) is 0 Å². The molecule has 1 unspecified atom stereocenters. The van der Waals surface area contributed by atoms with E-state index in [1.165, 1.54) is 154 Å². The summed E-state index contributed by atoms with van der Waals surface area (Å²) in [6.45, 7) is 7.04. The van der Waals surface area contributed by atoms with Crippen LogP contribution in [-0.2, 0) is 0 Å². The summed E-state index contributed by atoms with van der Waals surface area (Å²) in [6, 6.07) is 0. The van der Waals surface area contributed by atoms with Gasteiger partial charge >= 0.3 is 0 Å². The summed E-state index contributed by atoms with van der Waals surface area (Å²) in [5.41, 5.74) is 0. The van der Waals surface area contributed by atoms with Gasteiger partial charge in [-0.2, -0.15) is 0 Å². The van der Waals surface area contributed by atoms with Gasteiger partial charge in [0.1, 0.15) is 0 Å². The first kappa shape index (κ1) is 29.7. The predicted octanol–water partition coefficient (Wildman–Crippen LogP) is 11.6. The number of allylic oxidation sites excluding steroid dienone is 2. The maximum atomic E-state index is 2.45. The van der Waals surface area contributed by atoms with E-state index in [2.05, 4.69) is 32.9 Å². The lowest BCUT2D eigenvalue weighted by Gasteiger charge is -2.09. The van der Waals surface area contributed by atoms with Crippen molar-refractivity contribution in [3.05, 3.63) is 12.2 Å². The van der Waals surface area contributed by atoms with E-state index in [9.17, 15) is 0 Å². The summed E-state index contributed by atoms with van der Waals surface area (Å²) in [5.74, 6) is 0.935.